The summed E-state index contributed by atoms with van der Waals surface area (Å²) in [6, 6.07) is 13.5. The maximum absolute atomic E-state index is 12.9. The zero-order valence-electron chi connectivity index (χ0n) is 16.1. The third-order valence-electron chi connectivity index (χ3n) is 4.36. The number of halogens is 1. The van der Waals surface area contributed by atoms with E-state index in [9.17, 15) is 14.0 Å². The van der Waals surface area contributed by atoms with Gasteiger partial charge in [-0.15, -0.1) is 11.8 Å². The first-order valence-electron chi connectivity index (χ1n) is 9.37. The Morgan fingerprint density at radius 1 is 1.17 bits per heavy atom. The van der Waals surface area contributed by atoms with Crippen molar-refractivity contribution >= 4 is 40.3 Å². The van der Waals surface area contributed by atoms with Crippen LogP contribution in [0.2, 0.25) is 0 Å². The van der Waals surface area contributed by atoms with Gasteiger partial charge in [0.05, 0.1) is 28.4 Å². The fourth-order valence-electron chi connectivity index (χ4n) is 2.80. The van der Waals surface area contributed by atoms with Crippen LogP contribution in [0.15, 0.2) is 54.9 Å². The number of hydrogen-bond donors (Lipinski definition) is 2. The van der Waals surface area contributed by atoms with Crippen molar-refractivity contribution in [1.29, 1.82) is 0 Å². The summed E-state index contributed by atoms with van der Waals surface area (Å²) in [5.41, 5.74) is 2.57. The normalized spacial score (nSPS) is 11.9. The molecule has 0 saturated carbocycles. The number of nitrogens with zero attached hydrogens (tertiary/aromatic N) is 2. The van der Waals surface area contributed by atoms with E-state index < -0.39 is 0 Å². The Morgan fingerprint density at radius 3 is 2.72 bits per heavy atom. The van der Waals surface area contributed by atoms with Crippen LogP contribution in [0.5, 0.6) is 0 Å². The molecule has 2 amide bonds. The largest absolute Gasteiger partial charge is 0.355 e. The quantitative estimate of drug-likeness (QED) is 0.526. The highest BCUT2D eigenvalue weighted by molar-refractivity contribution is 8.01. The van der Waals surface area contributed by atoms with Gasteiger partial charge in [-0.1, -0.05) is 12.1 Å². The maximum atomic E-state index is 12.9. The summed E-state index contributed by atoms with van der Waals surface area (Å²) in [4.78, 5) is 28.5. The van der Waals surface area contributed by atoms with Crippen molar-refractivity contribution in [3.8, 4) is 0 Å². The van der Waals surface area contributed by atoms with Crippen LogP contribution in [0.1, 0.15) is 13.3 Å². The fourth-order valence-corrected chi connectivity index (χ4v) is 3.51. The van der Waals surface area contributed by atoms with Gasteiger partial charge in [0.25, 0.3) is 0 Å². The molecule has 29 heavy (non-hydrogen) atoms. The van der Waals surface area contributed by atoms with Gasteiger partial charge in [0.15, 0.2) is 0 Å². The number of carbonyl (C=O) groups excluding carboxylic acids is 2. The van der Waals surface area contributed by atoms with E-state index in [0.717, 1.165) is 24.0 Å². The van der Waals surface area contributed by atoms with Crippen LogP contribution in [0.4, 0.5) is 10.1 Å². The minimum Gasteiger partial charge on any atom is -0.355 e. The average molecular weight is 415 g/mol. The number of aryl methyl sites for hydroxylation is 1. The summed E-state index contributed by atoms with van der Waals surface area (Å²) in [6.45, 7) is 3.09. The van der Waals surface area contributed by atoms with Gasteiger partial charge < -0.3 is 15.2 Å². The first kappa shape index (κ1) is 20.9. The topological polar surface area (TPSA) is 76.0 Å². The monoisotopic (exact) mass is 414 g/mol. The van der Waals surface area contributed by atoms with Crippen molar-refractivity contribution in [1.82, 2.24) is 14.9 Å². The van der Waals surface area contributed by atoms with E-state index in [4.69, 9.17) is 0 Å². The second-order valence-electron chi connectivity index (χ2n) is 6.58. The van der Waals surface area contributed by atoms with Crippen molar-refractivity contribution < 1.29 is 14.0 Å². The molecule has 6 nitrogen and oxygen atoms in total. The standard InChI is InChI=1S/C21H23FN4O2S/c1-15(29-13-20(27)25-17-9-7-16(22)8-10-17)21(28)23-11-4-12-26-14-24-18-5-2-3-6-19(18)26/h2-3,5-10,14-15H,4,11-13H2,1H3,(H,23,28)(H,25,27). The van der Waals surface area contributed by atoms with Crippen molar-refractivity contribution in [3.05, 3.63) is 60.7 Å². The Kier molecular flexibility index (Phi) is 7.24. The van der Waals surface area contributed by atoms with E-state index in [2.05, 4.69) is 20.2 Å². The molecule has 1 unspecified atom stereocenters. The van der Waals surface area contributed by atoms with Gasteiger partial charge in [0.2, 0.25) is 11.8 Å². The SMILES string of the molecule is CC(SCC(=O)Nc1ccc(F)cc1)C(=O)NCCCn1cnc2ccccc21. The van der Waals surface area contributed by atoms with E-state index in [1.165, 1.54) is 36.0 Å². The zero-order valence-corrected chi connectivity index (χ0v) is 16.9. The van der Waals surface area contributed by atoms with Crippen molar-refractivity contribution in [3.63, 3.8) is 0 Å². The number of benzene rings is 2. The fraction of sp³-hybridized carbons (Fsp3) is 0.286. The molecule has 3 aromatic rings. The molecule has 2 N–H and O–H groups in total. The predicted octanol–water partition coefficient (Wildman–Crippen LogP) is 3.44. The number of carbonyl (C=O) groups is 2. The average Bonchev–Trinajstić information content (AvgIpc) is 3.14. The van der Waals surface area contributed by atoms with Gasteiger partial charge in [-0.2, -0.15) is 0 Å². The molecule has 1 heterocycles. The van der Waals surface area contributed by atoms with E-state index in [0.29, 0.717) is 12.2 Å². The molecule has 0 saturated heterocycles. The molecule has 3 rings (SSSR count). The molecule has 0 radical (unpaired) electrons. The Balaban J connectivity index is 1.34. The lowest BCUT2D eigenvalue weighted by atomic mass is 10.3. The molecular weight excluding hydrogens is 391 g/mol. The number of thioether (sulfide) groups is 1. The van der Waals surface area contributed by atoms with Crippen molar-refractivity contribution in [2.75, 3.05) is 17.6 Å². The summed E-state index contributed by atoms with van der Waals surface area (Å²) in [6.07, 6.45) is 2.60. The number of para-hydroxylation sites is 2. The predicted molar refractivity (Wildman–Crippen MR) is 114 cm³/mol. The zero-order chi connectivity index (χ0) is 20.6. The molecule has 8 heteroatoms. The van der Waals surface area contributed by atoms with Crippen LogP contribution in [-0.2, 0) is 16.1 Å². The van der Waals surface area contributed by atoms with Crippen LogP contribution in [0.3, 0.4) is 0 Å². The van der Waals surface area contributed by atoms with Gasteiger partial charge >= 0.3 is 0 Å². The van der Waals surface area contributed by atoms with E-state index >= 15 is 0 Å². The minimum atomic E-state index is -0.358. The summed E-state index contributed by atoms with van der Waals surface area (Å²) in [7, 11) is 0. The van der Waals surface area contributed by atoms with Crippen LogP contribution < -0.4 is 10.6 Å². The molecule has 0 fully saturated rings. The van der Waals surface area contributed by atoms with Gasteiger partial charge in [0.1, 0.15) is 5.82 Å². The Hall–Kier alpha value is -2.87. The van der Waals surface area contributed by atoms with E-state index in [1.807, 2.05) is 30.6 Å². The second-order valence-corrected chi connectivity index (χ2v) is 7.91. The number of rotatable bonds is 9. The Bertz CT molecular complexity index is 974. The van der Waals surface area contributed by atoms with Gasteiger partial charge in [0, 0.05) is 18.8 Å². The molecular formula is C21H23FN4O2S. The van der Waals surface area contributed by atoms with Crippen molar-refractivity contribution in [2.45, 2.75) is 25.1 Å². The van der Waals surface area contributed by atoms with Crippen LogP contribution in [0.25, 0.3) is 11.0 Å². The van der Waals surface area contributed by atoms with Crippen molar-refractivity contribution in [2.24, 2.45) is 0 Å². The highest BCUT2D eigenvalue weighted by Gasteiger charge is 2.15. The number of hydrogen-bond acceptors (Lipinski definition) is 4. The van der Waals surface area contributed by atoms with E-state index in [1.54, 1.807) is 6.92 Å². The lowest BCUT2D eigenvalue weighted by molar-refractivity contribution is -0.120. The molecule has 1 aromatic heterocycles. The molecule has 0 bridgehead atoms. The third kappa shape index (κ3) is 6.05. The summed E-state index contributed by atoms with van der Waals surface area (Å²) in [5.74, 6) is -0.537. The molecule has 2 aromatic carbocycles. The molecule has 0 aliphatic carbocycles. The second kappa shape index (κ2) is 10.1. The number of aromatic nitrogens is 2. The molecule has 0 aliphatic heterocycles. The maximum Gasteiger partial charge on any atom is 0.234 e. The van der Waals surface area contributed by atoms with Gasteiger partial charge in [-0.05, 0) is 49.7 Å². The van der Waals surface area contributed by atoms with Gasteiger partial charge in [-0.25, -0.2) is 9.37 Å². The molecule has 0 aliphatic rings. The number of anilines is 1. The smallest absolute Gasteiger partial charge is 0.234 e. The first-order valence-corrected chi connectivity index (χ1v) is 10.4. The van der Waals surface area contributed by atoms with Gasteiger partial charge in [-0.3, -0.25) is 9.59 Å². The highest BCUT2D eigenvalue weighted by atomic mass is 32.2. The lowest BCUT2D eigenvalue weighted by Crippen LogP contribution is -2.33. The minimum absolute atomic E-state index is 0.0972. The summed E-state index contributed by atoms with van der Waals surface area (Å²) in [5, 5.41) is 5.24. The number of amides is 2. The Morgan fingerprint density at radius 2 is 1.93 bits per heavy atom. The number of nitrogens with one attached hydrogen (secondary N) is 2. The van der Waals surface area contributed by atoms with E-state index in [-0.39, 0.29) is 28.6 Å². The number of fused-ring (bicyclic) bond motifs is 1. The summed E-state index contributed by atoms with van der Waals surface area (Å²) >= 11 is 1.26. The van der Waals surface area contributed by atoms with Crippen LogP contribution in [-0.4, -0.2) is 38.9 Å². The molecule has 1 atom stereocenters. The summed E-state index contributed by atoms with van der Waals surface area (Å²) < 4.78 is 14.9. The molecule has 0 spiro atoms. The first-order chi connectivity index (χ1) is 14.0. The van der Waals surface area contributed by atoms with Crippen LogP contribution in [0, 0.1) is 5.82 Å². The number of imidazole rings is 1. The third-order valence-corrected chi connectivity index (χ3v) is 5.51. The highest BCUT2D eigenvalue weighted by Crippen LogP contribution is 2.14. The van der Waals surface area contributed by atoms with Crippen LogP contribution >= 0.6 is 11.8 Å². The lowest BCUT2D eigenvalue weighted by Gasteiger charge is -2.12. The molecule has 152 valence electrons. The Labute approximate surface area is 172 Å².